The lowest BCUT2D eigenvalue weighted by atomic mass is 10.2. The summed E-state index contributed by atoms with van der Waals surface area (Å²) in [5, 5.41) is 12.2. The number of fused-ring (bicyclic) bond motifs is 1. The van der Waals surface area contributed by atoms with Crippen molar-refractivity contribution in [3.63, 3.8) is 0 Å². The number of hydrogen-bond donors (Lipinski definition) is 0. The van der Waals surface area contributed by atoms with Gasteiger partial charge in [-0.05, 0) is 11.3 Å². The molecule has 8 heteroatoms. The molecule has 0 aliphatic rings. The van der Waals surface area contributed by atoms with Gasteiger partial charge in [-0.25, -0.2) is 9.97 Å². The maximum Gasteiger partial charge on any atom is 0.163 e. The van der Waals surface area contributed by atoms with Crippen LogP contribution in [0.5, 0.6) is 11.5 Å². The van der Waals surface area contributed by atoms with Crippen molar-refractivity contribution in [2.75, 3.05) is 13.7 Å². The minimum absolute atomic E-state index is 0.406. The largest absolute Gasteiger partial charge is 0.493 e. The van der Waals surface area contributed by atoms with Gasteiger partial charge < -0.3 is 9.47 Å². The number of methoxy groups -OCH3 is 1. The molecule has 2 aromatic heterocycles. The van der Waals surface area contributed by atoms with Gasteiger partial charge >= 0.3 is 0 Å². The second kappa shape index (κ2) is 5.47. The molecule has 8 nitrogen and oxygen atoms in total. The summed E-state index contributed by atoms with van der Waals surface area (Å²) in [7, 11) is 1.59. The van der Waals surface area contributed by atoms with Gasteiger partial charge in [-0.3, -0.25) is 0 Å². The first-order chi connectivity index (χ1) is 9.86. The Labute approximate surface area is 114 Å². The van der Waals surface area contributed by atoms with E-state index in [-0.39, 0.29) is 0 Å². The Hall–Kier alpha value is -2.77. The second-order valence-electron chi connectivity index (χ2n) is 3.96. The zero-order chi connectivity index (χ0) is 13.8. The van der Waals surface area contributed by atoms with Gasteiger partial charge in [0, 0.05) is 17.6 Å². The van der Waals surface area contributed by atoms with Gasteiger partial charge in [0.05, 0.1) is 19.2 Å². The van der Waals surface area contributed by atoms with E-state index in [4.69, 9.17) is 9.47 Å². The summed E-state index contributed by atoms with van der Waals surface area (Å²) < 4.78 is 11.0. The van der Waals surface area contributed by atoms with Crippen LogP contribution in [0.3, 0.4) is 0 Å². The zero-order valence-electron chi connectivity index (χ0n) is 10.8. The number of aromatic nitrogens is 6. The van der Waals surface area contributed by atoms with Crippen molar-refractivity contribution >= 4 is 10.9 Å². The van der Waals surface area contributed by atoms with E-state index in [1.165, 1.54) is 17.5 Å². The van der Waals surface area contributed by atoms with Crippen LogP contribution in [-0.2, 0) is 6.54 Å². The third-order valence-corrected chi connectivity index (χ3v) is 2.73. The molecule has 0 atom stereocenters. The van der Waals surface area contributed by atoms with Crippen LogP contribution in [-0.4, -0.2) is 43.9 Å². The highest BCUT2D eigenvalue weighted by atomic mass is 16.5. The molecule has 0 saturated heterocycles. The average molecular weight is 272 g/mol. The van der Waals surface area contributed by atoms with Crippen molar-refractivity contribution in [2.24, 2.45) is 0 Å². The van der Waals surface area contributed by atoms with Crippen LogP contribution in [0.25, 0.3) is 10.9 Å². The number of rotatable bonds is 5. The van der Waals surface area contributed by atoms with Crippen LogP contribution in [0, 0.1) is 0 Å². The van der Waals surface area contributed by atoms with Crippen LogP contribution in [0.15, 0.2) is 31.0 Å². The summed E-state index contributed by atoms with van der Waals surface area (Å²) in [5.74, 6) is 1.26. The van der Waals surface area contributed by atoms with Crippen molar-refractivity contribution in [2.45, 2.75) is 6.54 Å². The maximum atomic E-state index is 5.70. The highest BCUT2D eigenvalue weighted by molar-refractivity contribution is 5.81. The first-order valence-electron chi connectivity index (χ1n) is 5.98. The molecule has 0 saturated carbocycles. The lowest BCUT2D eigenvalue weighted by Gasteiger charge is -2.11. The molecule has 0 fully saturated rings. The van der Waals surface area contributed by atoms with E-state index in [9.17, 15) is 0 Å². The molecule has 102 valence electrons. The quantitative estimate of drug-likeness (QED) is 0.675. The van der Waals surface area contributed by atoms with E-state index in [0.29, 0.717) is 24.7 Å². The van der Waals surface area contributed by atoms with Gasteiger partial charge in [0.2, 0.25) is 0 Å². The van der Waals surface area contributed by atoms with Gasteiger partial charge in [0.15, 0.2) is 17.8 Å². The molecule has 0 bridgehead atoms. The van der Waals surface area contributed by atoms with Gasteiger partial charge in [-0.2, -0.15) is 4.80 Å². The smallest absolute Gasteiger partial charge is 0.163 e. The average Bonchev–Trinajstić information content (AvgIpc) is 3.00. The summed E-state index contributed by atoms with van der Waals surface area (Å²) in [4.78, 5) is 9.62. The number of nitrogens with zero attached hydrogens (tertiary/aromatic N) is 6. The number of hydrogen-bond acceptors (Lipinski definition) is 7. The van der Waals surface area contributed by atoms with Crippen LogP contribution in [0.2, 0.25) is 0 Å². The third-order valence-electron chi connectivity index (χ3n) is 2.73. The van der Waals surface area contributed by atoms with Gasteiger partial charge in [-0.1, -0.05) is 0 Å². The highest BCUT2D eigenvalue weighted by Crippen LogP contribution is 2.31. The summed E-state index contributed by atoms with van der Waals surface area (Å²) >= 11 is 0. The Kier molecular flexibility index (Phi) is 3.36. The van der Waals surface area contributed by atoms with Crippen LogP contribution in [0.1, 0.15) is 0 Å². The van der Waals surface area contributed by atoms with Crippen molar-refractivity contribution in [3.05, 3.63) is 31.0 Å². The molecular formula is C12H12N6O2. The van der Waals surface area contributed by atoms with E-state index in [1.54, 1.807) is 13.3 Å². The van der Waals surface area contributed by atoms with E-state index in [1.807, 2.05) is 12.1 Å². The third kappa shape index (κ3) is 2.48. The van der Waals surface area contributed by atoms with Crippen LogP contribution in [0.4, 0.5) is 0 Å². The lowest BCUT2D eigenvalue weighted by molar-refractivity contribution is 0.266. The molecule has 0 spiro atoms. The van der Waals surface area contributed by atoms with E-state index in [2.05, 4.69) is 25.4 Å². The molecule has 0 unspecified atom stereocenters. The molecule has 1 aromatic carbocycles. The van der Waals surface area contributed by atoms with Crippen LogP contribution >= 0.6 is 0 Å². The minimum atomic E-state index is 0.406. The molecule has 0 aliphatic carbocycles. The Bertz CT molecular complexity index is 700. The summed E-state index contributed by atoms with van der Waals surface area (Å²) in [6.07, 6.45) is 4.61. The van der Waals surface area contributed by atoms with Crippen molar-refractivity contribution in [1.29, 1.82) is 0 Å². The minimum Gasteiger partial charge on any atom is -0.493 e. The number of benzene rings is 1. The highest BCUT2D eigenvalue weighted by Gasteiger charge is 2.08. The predicted octanol–water partition coefficient (Wildman–Crippen LogP) is 0.704. The fourth-order valence-corrected chi connectivity index (χ4v) is 1.79. The van der Waals surface area contributed by atoms with Crippen LogP contribution < -0.4 is 9.47 Å². The number of ether oxygens (including phenoxy) is 2. The van der Waals surface area contributed by atoms with Crippen molar-refractivity contribution in [3.8, 4) is 11.5 Å². The molecule has 2 heterocycles. The normalized spacial score (nSPS) is 10.7. The second-order valence-corrected chi connectivity index (χ2v) is 3.96. The summed E-state index contributed by atoms with van der Waals surface area (Å²) in [6.45, 7) is 0.911. The predicted molar refractivity (Wildman–Crippen MR) is 69.4 cm³/mol. The number of tetrazole rings is 1. The molecule has 0 amide bonds. The molecule has 20 heavy (non-hydrogen) atoms. The van der Waals surface area contributed by atoms with Gasteiger partial charge in [0.25, 0.3) is 0 Å². The Morgan fingerprint density at radius 2 is 2.15 bits per heavy atom. The fourth-order valence-electron chi connectivity index (χ4n) is 1.79. The molecule has 0 N–H and O–H groups in total. The van der Waals surface area contributed by atoms with E-state index < -0.39 is 0 Å². The summed E-state index contributed by atoms with van der Waals surface area (Å²) in [6, 6.07) is 3.67. The van der Waals surface area contributed by atoms with Gasteiger partial charge in [-0.15, -0.1) is 10.2 Å². The fraction of sp³-hybridized carbons (Fsp3) is 0.250. The first-order valence-corrected chi connectivity index (χ1v) is 5.98. The molecule has 3 rings (SSSR count). The Balaban J connectivity index is 1.78. The van der Waals surface area contributed by atoms with Crippen molar-refractivity contribution in [1.82, 2.24) is 30.2 Å². The standard InChI is InChI=1S/C12H12N6O2/c1-19-11-4-9-6-13-7-14-10(9)5-12(11)20-3-2-18-16-8-15-17-18/h4-8H,2-3H2,1H3. The maximum absolute atomic E-state index is 5.70. The van der Waals surface area contributed by atoms with E-state index >= 15 is 0 Å². The Morgan fingerprint density at radius 3 is 2.95 bits per heavy atom. The van der Waals surface area contributed by atoms with E-state index in [0.717, 1.165) is 10.9 Å². The van der Waals surface area contributed by atoms with Crippen molar-refractivity contribution < 1.29 is 9.47 Å². The summed E-state index contributed by atoms with van der Waals surface area (Å²) in [5.41, 5.74) is 0.801. The lowest BCUT2D eigenvalue weighted by Crippen LogP contribution is -2.11. The Morgan fingerprint density at radius 1 is 1.20 bits per heavy atom. The molecule has 0 radical (unpaired) electrons. The monoisotopic (exact) mass is 272 g/mol. The molecular weight excluding hydrogens is 260 g/mol. The SMILES string of the molecule is COc1cc2cncnc2cc1OCCn1ncnn1. The van der Waals surface area contributed by atoms with Gasteiger partial charge in [0.1, 0.15) is 12.9 Å². The molecule has 0 aliphatic heterocycles. The first kappa shape index (κ1) is 12.3. The molecule has 3 aromatic rings. The zero-order valence-corrected chi connectivity index (χ0v) is 10.8. The topological polar surface area (TPSA) is 87.8 Å².